The molecule has 1 aliphatic rings. The van der Waals surface area contributed by atoms with E-state index in [2.05, 4.69) is 0 Å². The minimum atomic E-state index is -1.18. The minimum Gasteiger partial charge on any atom is -0.548 e. The number of carbonyl (C=O) groups excluding carboxylic acids is 1. The zero-order valence-corrected chi connectivity index (χ0v) is 6.95. The van der Waals surface area contributed by atoms with Crippen molar-refractivity contribution in [1.82, 2.24) is 0 Å². The van der Waals surface area contributed by atoms with E-state index in [1.165, 1.54) is 0 Å². The number of ether oxygens (including phenoxy) is 2. The second-order valence-corrected chi connectivity index (χ2v) is 2.88. The van der Waals surface area contributed by atoms with Gasteiger partial charge in [-0.25, -0.2) is 0 Å². The standard InChI is InChI=1S/C8H14O4/c9-8(10)6-11-5-7-3-1-2-4-12-7/h7H,1-6H2,(H,9,10)/p-1/t7-/m0/s1. The van der Waals surface area contributed by atoms with E-state index in [-0.39, 0.29) is 12.7 Å². The highest BCUT2D eigenvalue weighted by Gasteiger charge is 2.13. The Bertz CT molecular complexity index is 140. The second kappa shape index (κ2) is 5.11. The van der Waals surface area contributed by atoms with Crippen LogP contribution in [-0.4, -0.2) is 31.9 Å². The molecule has 0 radical (unpaired) electrons. The monoisotopic (exact) mass is 173 g/mol. The molecular weight excluding hydrogens is 160 g/mol. The van der Waals surface area contributed by atoms with Gasteiger partial charge in [0.25, 0.3) is 0 Å². The van der Waals surface area contributed by atoms with Crippen LogP contribution in [0, 0.1) is 0 Å². The molecular formula is C8H13O4-. The van der Waals surface area contributed by atoms with E-state index in [0.717, 1.165) is 25.9 Å². The van der Waals surface area contributed by atoms with Gasteiger partial charge in [-0.15, -0.1) is 0 Å². The lowest BCUT2D eigenvalue weighted by atomic mass is 10.1. The molecule has 4 nitrogen and oxygen atoms in total. The smallest absolute Gasteiger partial charge is 0.0862 e. The molecule has 12 heavy (non-hydrogen) atoms. The van der Waals surface area contributed by atoms with Crippen molar-refractivity contribution in [2.45, 2.75) is 25.4 Å². The van der Waals surface area contributed by atoms with Crippen LogP contribution in [0.2, 0.25) is 0 Å². The van der Waals surface area contributed by atoms with Crippen LogP contribution in [0.3, 0.4) is 0 Å². The molecule has 1 atom stereocenters. The number of aliphatic carboxylic acids is 1. The van der Waals surface area contributed by atoms with Gasteiger partial charge in [0.2, 0.25) is 0 Å². The average Bonchev–Trinajstić information content (AvgIpc) is 2.05. The topological polar surface area (TPSA) is 58.6 Å². The zero-order valence-electron chi connectivity index (χ0n) is 6.95. The van der Waals surface area contributed by atoms with Crippen molar-refractivity contribution < 1.29 is 19.4 Å². The number of carbonyl (C=O) groups is 1. The predicted octanol–water partition coefficient (Wildman–Crippen LogP) is -0.678. The first-order valence-electron chi connectivity index (χ1n) is 4.18. The molecule has 0 aliphatic carbocycles. The van der Waals surface area contributed by atoms with Crippen LogP contribution in [-0.2, 0) is 14.3 Å². The summed E-state index contributed by atoms with van der Waals surface area (Å²) in [6, 6.07) is 0. The molecule has 70 valence electrons. The molecule has 1 rings (SSSR count). The third-order valence-corrected chi connectivity index (χ3v) is 1.80. The Morgan fingerprint density at radius 2 is 2.42 bits per heavy atom. The summed E-state index contributed by atoms with van der Waals surface area (Å²) in [5.74, 6) is -1.18. The van der Waals surface area contributed by atoms with Gasteiger partial charge >= 0.3 is 0 Å². The number of rotatable bonds is 4. The number of hydrogen-bond donors (Lipinski definition) is 0. The van der Waals surface area contributed by atoms with E-state index in [4.69, 9.17) is 9.47 Å². The molecule has 4 heteroatoms. The molecule has 0 saturated carbocycles. The SMILES string of the molecule is O=C([O-])COC[C@@H]1CCCCO1. The molecule has 0 aromatic rings. The summed E-state index contributed by atoms with van der Waals surface area (Å²) in [5, 5.41) is 9.96. The second-order valence-electron chi connectivity index (χ2n) is 2.88. The van der Waals surface area contributed by atoms with Crippen molar-refractivity contribution in [2.75, 3.05) is 19.8 Å². The van der Waals surface area contributed by atoms with E-state index in [1.807, 2.05) is 0 Å². The van der Waals surface area contributed by atoms with Crippen LogP contribution >= 0.6 is 0 Å². The fourth-order valence-electron chi connectivity index (χ4n) is 1.21. The lowest BCUT2D eigenvalue weighted by Gasteiger charge is -2.22. The van der Waals surface area contributed by atoms with Gasteiger partial charge in [0, 0.05) is 6.61 Å². The first-order chi connectivity index (χ1) is 5.79. The number of carboxylic acid groups (broad SMARTS) is 1. The molecule has 0 aromatic carbocycles. The van der Waals surface area contributed by atoms with Crippen molar-refractivity contribution >= 4 is 5.97 Å². The van der Waals surface area contributed by atoms with E-state index in [0.29, 0.717) is 6.61 Å². The van der Waals surface area contributed by atoms with Gasteiger partial charge in [-0.1, -0.05) is 0 Å². The molecule has 0 aromatic heterocycles. The maximum atomic E-state index is 9.96. The average molecular weight is 173 g/mol. The quantitative estimate of drug-likeness (QED) is 0.565. The van der Waals surface area contributed by atoms with Crippen LogP contribution in [0.1, 0.15) is 19.3 Å². The molecule has 0 bridgehead atoms. The fourth-order valence-corrected chi connectivity index (χ4v) is 1.21. The van der Waals surface area contributed by atoms with E-state index in [9.17, 15) is 9.90 Å². The van der Waals surface area contributed by atoms with Crippen LogP contribution < -0.4 is 5.11 Å². The Balaban J connectivity index is 2.01. The summed E-state index contributed by atoms with van der Waals surface area (Å²) in [6.45, 7) is 0.799. The highest BCUT2D eigenvalue weighted by molar-refractivity contribution is 5.65. The molecule has 1 heterocycles. The summed E-state index contributed by atoms with van der Waals surface area (Å²) in [6.07, 6.45) is 3.28. The van der Waals surface area contributed by atoms with Gasteiger partial charge in [0.1, 0.15) is 0 Å². The number of carboxylic acids is 1. The molecule has 0 amide bonds. The largest absolute Gasteiger partial charge is 0.548 e. The molecule has 0 unspecified atom stereocenters. The highest BCUT2D eigenvalue weighted by atomic mass is 16.5. The van der Waals surface area contributed by atoms with Gasteiger partial charge in [-0.05, 0) is 19.3 Å². The first-order valence-corrected chi connectivity index (χ1v) is 4.18. The van der Waals surface area contributed by atoms with Crippen LogP contribution in [0.4, 0.5) is 0 Å². The summed E-state index contributed by atoms with van der Waals surface area (Å²) in [5.41, 5.74) is 0. The number of hydrogen-bond acceptors (Lipinski definition) is 4. The first kappa shape index (κ1) is 9.48. The van der Waals surface area contributed by atoms with Crippen molar-refractivity contribution in [3.05, 3.63) is 0 Å². The normalized spacial score (nSPS) is 23.8. The Labute approximate surface area is 71.5 Å². The molecule has 0 spiro atoms. The summed E-state index contributed by atoms with van der Waals surface area (Å²) in [4.78, 5) is 9.96. The van der Waals surface area contributed by atoms with E-state index in [1.54, 1.807) is 0 Å². The van der Waals surface area contributed by atoms with Crippen molar-refractivity contribution in [1.29, 1.82) is 0 Å². The summed E-state index contributed by atoms with van der Waals surface area (Å²) < 4.78 is 10.2. The predicted molar refractivity (Wildman–Crippen MR) is 39.4 cm³/mol. The van der Waals surface area contributed by atoms with Gasteiger partial charge in [-0.2, -0.15) is 0 Å². The van der Waals surface area contributed by atoms with Crippen LogP contribution in [0.15, 0.2) is 0 Å². The Morgan fingerprint density at radius 1 is 1.58 bits per heavy atom. The highest BCUT2D eigenvalue weighted by Crippen LogP contribution is 2.12. The zero-order chi connectivity index (χ0) is 8.81. The minimum absolute atomic E-state index is 0.0816. The van der Waals surface area contributed by atoms with Crippen LogP contribution in [0.25, 0.3) is 0 Å². The Hall–Kier alpha value is -0.610. The Morgan fingerprint density at radius 3 is 3.00 bits per heavy atom. The molecule has 1 fully saturated rings. The van der Waals surface area contributed by atoms with Crippen molar-refractivity contribution in [2.24, 2.45) is 0 Å². The third kappa shape index (κ3) is 3.69. The fraction of sp³-hybridized carbons (Fsp3) is 0.875. The Kier molecular flexibility index (Phi) is 4.04. The van der Waals surface area contributed by atoms with Gasteiger partial charge < -0.3 is 19.4 Å². The summed E-state index contributed by atoms with van der Waals surface area (Å²) in [7, 11) is 0. The lowest BCUT2D eigenvalue weighted by molar-refractivity contribution is -0.310. The maximum Gasteiger partial charge on any atom is 0.0862 e. The van der Waals surface area contributed by atoms with Crippen molar-refractivity contribution in [3.8, 4) is 0 Å². The van der Waals surface area contributed by atoms with Gasteiger partial charge in [-0.3, -0.25) is 0 Å². The molecule has 1 saturated heterocycles. The third-order valence-electron chi connectivity index (χ3n) is 1.80. The molecule has 0 N–H and O–H groups in total. The van der Waals surface area contributed by atoms with E-state index < -0.39 is 5.97 Å². The maximum absolute atomic E-state index is 9.96. The lowest BCUT2D eigenvalue weighted by Crippen LogP contribution is -2.31. The van der Waals surface area contributed by atoms with Gasteiger partial charge in [0.15, 0.2) is 0 Å². The van der Waals surface area contributed by atoms with Crippen LogP contribution in [0.5, 0.6) is 0 Å². The van der Waals surface area contributed by atoms with E-state index >= 15 is 0 Å². The summed E-state index contributed by atoms with van der Waals surface area (Å²) >= 11 is 0. The van der Waals surface area contributed by atoms with Crippen molar-refractivity contribution in [3.63, 3.8) is 0 Å². The van der Waals surface area contributed by atoms with Gasteiger partial charge in [0.05, 0.1) is 25.3 Å². The molecule has 1 aliphatic heterocycles.